The van der Waals surface area contributed by atoms with E-state index in [0.717, 1.165) is 64.7 Å². The third kappa shape index (κ3) is 9.09. The van der Waals surface area contributed by atoms with Gasteiger partial charge in [-0.2, -0.15) is 26.3 Å². The molecule has 1 atom stereocenters. The van der Waals surface area contributed by atoms with Crippen molar-refractivity contribution in [3.63, 3.8) is 0 Å². The van der Waals surface area contributed by atoms with Crippen LogP contribution in [-0.2, 0) is 19.1 Å². The number of hydrogen-bond donors (Lipinski definition) is 2. The molecule has 0 aliphatic carbocycles. The number of carboxylic acid groups (broad SMARTS) is 2. The van der Waals surface area contributed by atoms with Crippen molar-refractivity contribution in [2.75, 3.05) is 50.9 Å². The van der Waals surface area contributed by atoms with Crippen LogP contribution in [0.1, 0.15) is 19.3 Å². The number of halogens is 6. The van der Waals surface area contributed by atoms with Crippen LogP contribution in [0.25, 0.3) is 0 Å². The van der Waals surface area contributed by atoms with E-state index >= 15 is 0 Å². The Morgan fingerprint density at radius 3 is 2.00 bits per heavy atom. The van der Waals surface area contributed by atoms with Gasteiger partial charge >= 0.3 is 24.3 Å². The number of nitrogens with zero attached hydrogens (tertiary/aromatic N) is 3. The first kappa shape index (κ1) is 29.6. The van der Waals surface area contributed by atoms with Gasteiger partial charge in [-0.05, 0) is 31.4 Å². The average Bonchev–Trinajstić information content (AvgIpc) is 3.35. The molecule has 4 heterocycles. The predicted molar refractivity (Wildman–Crippen MR) is 113 cm³/mol. The third-order valence-corrected chi connectivity index (χ3v) is 5.84. The lowest BCUT2D eigenvalue weighted by Crippen LogP contribution is -2.58. The van der Waals surface area contributed by atoms with Gasteiger partial charge in [-0.1, -0.05) is 6.07 Å². The molecular weight excluding hydrogens is 504 g/mol. The predicted octanol–water partition coefficient (Wildman–Crippen LogP) is 2.81. The normalized spacial score (nSPS) is 22.2. The number of likely N-dealkylation sites (tertiary alicyclic amines) is 1. The molecule has 1 spiro atoms. The van der Waals surface area contributed by atoms with Gasteiger partial charge in [0.05, 0.1) is 18.8 Å². The van der Waals surface area contributed by atoms with E-state index in [1.54, 1.807) is 0 Å². The Labute approximate surface area is 202 Å². The molecule has 2 N–H and O–H groups in total. The van der Waals surface area contributed by atoms with E-state index in [2.05, 4.69) is 26.9 Å². The molecule has 1 aromatic heterocycles. The summed E-state index contributed by atoms with van der Waals surface area (Å²) in [4.78, 5) is 27.3. The van der Waals surface area contributed by atoms with E-state index < -0.39 is 24.3 Å². The minimum atomic E-state index is -5.08. The van der Waals surface area contributed by atoms with E-state index in [1.165, 1.54) is 6.42 Å². The van der Waals surface area contributed by atoms with Crippen molar-refractivity contribution in [2.45, 2.75) is 43.3 Å². The average molecular weight is 531 g/mol. The quantitative estimate of drug-likeness (QED) is 0.557. The van der Waals surface area contributed by atoms with Crippen LogP contribution in [0.5, 0.6) is 0 Å². The summed E-state index contributed by atoms with van der Waals surface area (Å²) in [6.07, 6.45) is -4.87. The topological polar surface area (TPSA) is 112 Å². The van der Waals surface area contributed by atoms with Crippen LogP contribution in [-0.4, -0.2) is 102 Å². The molecule has 3 fully saturated rings. The zero-order valence-corrected chi connectivity index (χ0v) is 19.1. The van der Waals surface area contributed by atoms with Crippen molar-refractivity contribution in [1.82, 2.24) is 9.88 Å². The van der Waals surface area contributed by atoms with Crippen molar-refractivity contribution in [1.29, 1.82) is 0 Å². The van der Waals surface area contributed by atoms with E-state index in [1.807, 2.05) is 12.3 Å². The molecule has 0 saturated carbocycles. The summed E-state index contributed by atoms with van der Waals surface area (Å²) in [5.74, 6) is -4.43. The number of morpholine rings is 1. The summed E-state index contributed by atoms with van der Waals surface area (Å²) in [6.45, 7) is 6.82. The summed E-state index contributed by atoms with van der Waals surface area (Å²) in [7, 11) is 0. The molecule has 0 amide bonds. The zero-order valence-electron chi connectivity index (χ0n) is 19.1. The summed E-state index contributed by atoms with van der Waals surface area (Å²) in [6, 6.07) is 6.77. The van der Waals surface area contributed by atoms with Gasteiger partial charge in [-0.25, -0.2) is 14.6 Å². The van der Waals surface area contributed by atoms with Crippen molar-refractivity contribution in [2.24, 2.45) is 0 Å². The van der Waals surface area contributed by atoms with Gasteiger partial charge < -0.3 is 24.6 Å². The zero-order chi connectivity index (χ0) is 27.0. The second kappa shape index (κ2) is 12.5. The first-order valence-electron chi connectivity index (χ1n) is 11.0. The highest BCUT2D eigenvalue weighted by Gasteiger charge is 2.42. The highest BCUT2D eigenvalue weighted by molar-refractivity contribution is 5.73. The van der Waals surface area contributed by atoms with Crippen molar-refractivity contribution < 1.29 is 55.6 Å². The van der Waals surface area contributed by atoms with E-state index in [4.69, 9.17) is 29.3 Å². The third-order valence-electron chi connectivity index (χ3n) is 5.84. The smallest absolute Gasteiger partial charge is 0.475 e. The van der Waals surface area contributed by atoms with E-state index in [-0.39, 0.29) is 5.60 Å². The molecule has 9 nitrogen and oxygen atoms in total. The number of alkyl halides is 6. The number of pyridine rings is 1. The SMILES string of the molecule is O=C(O)C(F)(F)F.O=C(O)C(F)(F)F.c1ccc(N2CCOC3(CCN(C4CCOC4)CC3)C2)nc1. The van der Waals surface area contributed by atoms with Crippen LogP contribution in [0.4, 0.5) is 32.2 Å². The maximum absolute atomic E-state index is 10.6. The van der Waals surface area contributed by atoms with Gasteiger partial charge in [0.1, 0.15) is 5.82 Å². The van der Waals surface area contributed by atoms with Gasteiger partial charge in [0.15, 0.2) is 0 Å². The molecule has 0 bridgehead atoms. The fraction of sp³-hybridized carbons (Fsp3) is 0.667. The fourth-order valence-corrected chi connectivity index (χ4v) is 3.99. The molecule has 1 unspecified atom stereocenters. The maximum atomic E-state index is 10.6. The molecule has 3 saturated heterocycles. The van der Waals surface area contributed by atoms with E-state index in [0.29, 0.717) is 6.04 Å². The number of carboxylic acids is 2. The lowest BCUT2D eigenvalue weighted by molar-refractivity contribution is -0.193. The van der Waals surface area contributed by atoms with Gasteiger partial charge in [0.25, 0.3) is 0 Å². The maximum Gasteiger partial charge on any atom is 0.490 e. The van der Waals surface area contributed by atoms with Crippen LogP contribution in [0.15, 0.2) is 24.4 Å². The van der Waals surface area contributed by atoms with Crippen molar-refractivity contribution in [3.05, 3.63) is 24.4 Å². The number of aromatic nitrogens is 1. The molecule has 0 aromatic carbocycles. The number of aliphatic carboxylic acids is 2. The number of rotatable bonds is 2. The number of hydrogen-bond acceptors (Lipinski definition) is 7. The second-order valence-electron chi connectivity index (χ2n) is 8.30. The Bertz CT molecular complexity index is 817. The number of piperidine rings is 1. The van der Waals surface area contributed by atoms with Crippen LogP contribution < -0.4 is 4.90 Å². The minimum Gasteiger partial charge on any atom is -0.475 e. The molecular formula is C21H27F6N3O6. The van der Waals surface area contributed by atoms with Crippen molar-refractivity contribution in [3.8, 4) is 0 Å². The molecule has 3 aliphatic rings. The second-order valence-corrected chi connectivity index (χ2v) is 8.30. The fourth-order valence-electron chi connectivity index (χ4n) is 3.99. The lowest BCUT2D eigenvalue weighted by atomic mass is 9.88. The van der Waals surface area contributed by atoms with Crippen LogP contribution >= 0.6 is 0 Å². The monoisotopic (exact) mass is 531 g/mol. The van der Waals surface area contributed by atoms with Crippen LogP contribution in [0.2, 0.25) is 0 Å². The molecule has 4 rings (SSSR count). The minimum absolute atomic E-state index is 0.0196. The van der Waals surface area contributed by atoms with Crippen LogP contribution in [0.3, 0.4) is 0 Å². The molecule has 0 radical (unpaired) electrons. The summed E-state index contributed by atoms with van der Waals surface area (Å²) >= 11 is 0. The Balaban J connectivity index is 0.000000271. The van der Waals surface area contributed by atoms with Gasteiger partial charge in [0, 0.05) is 45.0 Å². The Morgan fingerprint density at radius 1 is 0.972 bits per heavy atom. The van der Waals surface area contributed by atoms with Gasteiger partial charge in [0.2, 0.25) is 0 Å². The van der Waals surface area contributed by atoms with Gasteiger partial charge in [-0.3, -0.25) is 4.90 Å². The lowest BCUT2D eigenvalue weighted by Gasteiger charge is -2.48. The Kier molecular flexibility index (Phi) is 10.3. The summed E-state index contributed by atoms with van der Waals surface area (Å²) in [5.41, 5.74) is 0.0196. The highest BCUT2D eigenvalue weighted by atomic mass is 19.4. The summed E-state index contributed by atoms with van der Waals surface area (Å²) < 4.78 is 75.2. The van der Waals surface area contributed by atoms with E-state index in [9.17, 15) is 26.3 Å². The molecule has 204 valence electrons. The highest BCUT2D eigenvalue weighted by Crippen LogP contribution is 2.33. The molecule has 1 aromatic rings. The number of ether oxygens (including phenoxy) is 2. The first-order valence-corrected chi connectivity index (χ1v) is 11.0. The Morgan fingerprint density at radius 2 is 1.56 bits per heavy atom. The van der Waals surface area contributed by atoms with Gasteiger partial charge in [-0.15, -0.1) is 0 Å². The standard InChI is InChI=1S/C17H25N3O2.2C2HF3O2/c1-2-7-18-16(3-1)20-10-12-22-17(14-20)5-8-19(9-6-17)15-4-11-21-13-15;2*3-2(4,5)1(6)7/h1-3,7,15H,4-6,8-14H2;2*(H,6,7). The Hall–Kier alpha value is -2.65. The number of anilines is 1. The molecule has 36 heavy (non-hydrogen) atoms. The molecule has 15 heteroatoms. The van der Waals surface area contributed by atoms with Crippen LogP contribution in [0, 0.1) is 0 Å². The summed E-state index contributed by atoms with van der Waals surface area (Å²) in [5, 5.41) is 14.2. The first-order chi connectivity index (χ1) is 16.7. The van der Waals surface area contributed by atoms with Crippen molar-refractivity contribution >= 4 is 17.8 Å². The largest absolute Gasteiger partial charge is 0.490 e. The molecule has 3 aliphatic heterocycles. The number of carbonyl (C=O) groups is 2.